The van der Waals surface area contributed by atoms with Crippen molar-refractivity contribution in [2.75, 3.05) is 5.73 Å². The van der Waals surface area contributed by atoms with Crippen molar-refractivity contribution in [2.45, 2.75) is 29.7 Å². The summed E-state index contributed by atoms with van der Waals surface area (Å²) in [5.74, 6) is 0.722. The van der Waals surface area contributed by atoms with Crippen LogP contribution in [0.5, 0.6) is 0 Å². The summed E-state index contributed by atoms with van der Waals surface area (Å²) in [6, 6.07) is 8.69. The van der Waals surface area contributed by atoms with Gasteiger partial charge in [0, 0.05) is 11.7 Å². The molecule has 1 aromatic carbocycles. The predicted octanol–water partition coefficient (Wildman–Crippen LogP) is 3.24. The number of aromatic nitrogens is 2. The van der Waals surface area contributed by atoms with Gasteiger partial charge in [0.25, 0.3) is 0 Å². The van der Waals surface area contributed by atoms with E-state index in [2.05, 4.69) is 16.0 Å². The first-order valence-corrected chi connectivity index (χ1v) is 7.61. The minimum atomic E-state index is -0.242. The number of anilines is 1. The van der Waals surface area contributed by atoms with Crippen LogP contribution >= 0.6 is 11.8 Å². The van der Waals surface area contributed by atoms with Gasteiger partial charge in [-0.05, 0) is 24.5 Å². The minimum absolute atomic E-state index is 0.213. The number of halogens is 1. The van der Waals surface area contributed by atoms with Gasteiger partial charge in [0.1, 0.15) is 23.3 Å². The highest BCUT2D eigenvalue weighted by molar-refractivity contribution is 7.98. The van der Waals surface area contributed by atoms with Gasteiger partial charge in [-0.15, -0.1) is 0 Å². The smallest absolute Gasteiger partial charge is 0.190 e. The van der Waals surface area contributed by atoms with Gasteiger partial charge < -0.3 is 5.73 Å². The van der Waals surface area contributed by atoms with Gasteiger partial charge in [-0.3, -0.25) is 0 Å². The Bertz CT molecular complexity index is 722. The SMILES string of the molecule is N#Cc1c(N)nc(SCc2ccccc2F)nc1C1CC1. The Morgan fingerprint density at radius 1 is 1.33 bits per heavy atom. The zero-order valence-corrected chi connectivity index (χ0v) is 12.0. The van der Waals surface area contributed by atoms with E-state index in [1.807, 2.05) is 0 Å². The first-order valence-electron chi connectivity index (χ1n) is 6.62. The van der Waals surface area contributed by atoms with E-state index in [0.29, 0.717) is 28.0 Å². The molecule has 0 unspecified atom stereocenters. The van der Waals surface area contributed by atoms with Crippen LogP contribution in [0.4, 0.5) is 10.2 Å². The van der Waals surface area contributed by atoms with Crippen LogP contribution < -0.4 is 5.73 Å². The fourth-order valence-corrected chi connectivity index (χ4v) is 2.91. The van der Waals surface area contributed by atoms with Gasteiger partial charge in [-0.2, -0.15) is 5.26 Å². The number of hydrogen-bond donors (Lipinski definition) is 1. The largest absolute Gasteiger partial charge is 0.382 e. The quantitative estimate of drug-likeness (QED) is 0.693. The second kappa shape index (κ2) is 5.70. The molecule has 3 rings (SSSR count). The summed E-state index contributed by atoms with van der Waals surface area (Å²) in [5, 5.41) is 9.64. The topological polar surface area (TPSA) is 75.6 Å². The lowest BCUT2D eigenvalue weighted by Crippen LogP contribution is -2.04. The molecular weight excluding hydrogens is 287 g/mol. The molecular formula is C15H13FN4S. The third-order valence-electron chi connectivity index (χ3n) is 3.33. The molecule has 0 aliphatic heterocycles. The van der Waals surface area contributed by atoms with Crippen LogP contribution in [0.25, 0.3) is 0 Å². The third kappa shape index (κ3) is 2.98. The van der Waals surface area contributed by atoms with E-state index in [1.165, 1.54) is 17.8 Å². The Balaban J connectivity index is 1.83. The maximum atomic E-state index is 13.6. The standard InChI is InChI=1S/C15H13FN4S/c16-12-4-2-1-3-10(12)8-21-15-19-13(9-5-6-9)11(7-17)14(18)20-15/h1-4,9H,5-6,8H2,(H2,18,19,20). The Labute approximate surface area is 126 Å². The Hall–Kier alpha value is -2.13. The zero-order valence-electron chi connectivity index (χ0n) is 11.2. The summed E-state index contributed by atoms with van der Waals surface area (Å²) in [4.78, 5) is 8.58. The molecule has 4 nitrogen and oxygen atoms in total. The highest BCUT2D eigenvalue weighted by Gasteiger charge is 2.30. The summed E-state index contributed by atoms with van der Waals surface area (Å²) < 4.78 is 13.6. The molecule has 106 valence electrons. The number of rotatable bonds is 4. The van der Waals surface area contributed by atoms with Crippen molar-refractivity contribution in [1.82, 2.24) is 9.97 Å². The van der Waals surface area contributed by atoms with Gasteiger partial charge in [0.2, 0.25) is 0 Å². The van der Waals surface area contributed by atoms with Gasteiger partial charge in [0.15, 0.2) is 5.16 Å². The number of benzene rings is 1. The lowest BCUT2D eigenvalue weighted by Gasteiger charge is -2.07. The van der Waals surface area contributed by atoms with Crippen LogP contribution in [0.1, 0.15) is 35.6 Å². The van der Waals surface area contributed by atoms with Gasteiger partial charge in [-0.25, -0.2) is 14.4 Å². The lowest BCUT2D eigenvalue weighted by atomic mass is 10.1. The van der Waals surface area contributed by atoms with Crippen molar-refractivity contribution >= 4 is 17.6 Å². The molecule has 0 radical (unpaired) electrons. The first-order chi connectivity index (χ1) is 10.2. The average Bonchev–Trinajstić information content (AvgIpc) is 3.30. The van der Waals surface area contributed by atoms with E-state index in [4.69, 9.17) is 11.0 Å². The fourth-order valence-electron chi connectivity index (χ4n) is 2.06. The maximum absolute atomic E-state index is 13.6. The summed E-state index contributed by atoms with van der Waals surface area (Å²) in [7, 11) is 0. The summed E-state index contributed by atoms with van der Waals surface area (Å²) in [6.45, 7) is 0. The molecule has 2 N–H and O–H groups in total. The highest BCUT2D eigenvalue weighted by Crippen LogP contribution is 2.42. The molecule has 0 saturated heterocycles. The Morgan fingerprint density at radius 3 is 2.76 bits per heavy atom. The number of nitrogens with two attached hydrogens (primary N) is 1. The van der Waals surface area contributed by atoms with Crippen molar-refractivity contribution in [2.24, 2.45) is 0 Å². The molecule has 1 aromatic heterocycles. The second-order valence-electron chi connectivity index (χ2n) is 4.92. The van der Waals surface area contributed by atoms with Crippen LogP contribution in [-0.2, 0) is 5.75 Å². The Morgan fingerprint density at radius 2 is 2.10 bits per heavy atom. The van der Waals surface area contributed by atoms with Crippen LogP contribution in [0.2, 0.25) is 0 Å². The number of nitriles is 1. The average molecular weight is 300 g/mol. The fraction of sp³-hybridized carbons (Fsp3) is 0.267. The number of thioether (sulfide) groups is 1. The minimum Gasteiger partial charge on any atom is -0.382 e. The van der Waals surface area contributed by atoms with Crippen LogP contribution in [-0.4, -0.2) is 9.97 Å². The zero-order chi connectivity index (χ0) is 14.8. The molecule has 1 fully saturated rings. The maximum Gasteiger partial charge on any atom is 0.190 e. The monoisotopic (exact) mass is 300 g/mol. The van der Waals surface area contributed by atoms with Crippen molar-refractivity contribution in [3.63, 3.8) is 0 Å². The first kappa shape index (κ1) is 13.8. The molecule has 6 heteroatoms. The summed E-state index contributed by atoms with van der Waals surface area (Å²) in [5.41, 5.74) is 7.55. The van der Waals surface area contributed by atoms with Crippen molar-refractivity contribution in [3.05, 3.63) is 46.9 Å². The number of hydrogen-bond acceptors (Lipinski definition) is 5. The van der Waals surface area contributed by atoms with Crippen molar-refractivity contribution in [3.8, 4) is 6.07 Å². The van der Waals surface area contributed by atoms with E-state index in [9.17, 15) is 4.39 Å². The molecule has 0 atom stereocenters. The summed E-state index contributed by atoms with van der Waals surface area (Å²) in [6.07, 6.45) is 2.06. The molecule has 1 aliphatic rings. The van der Waals surface area contributed by atoms with Crippen molar-refractivity contribution in [1.29, 1.82) is 5.26 Å². The van der Waals surface area contributed by atoms with Gasteiger partial charge in [-0.1, -0.05) is 30.0 Å². The van der Waals surface area contributed by atoms with Crippen LogP contribution in [0, 0.1) is 17.1 Å². The lowest BCUT2D eigenvalue weighted by molar-refractivity contribution is 0.617. The molecule has 0 bridgehead atoms. The van der Waals surface area contributed by atoms with E-state index in [-0.39, 0.29) is 11.6 Å². The number of nitrogens with zero attached hydrogens (tertiary/aromatic N) is 3. The van der Waals surface area contributed by atoms with E-state index < -0.39 is 0 Å². The molecule has 0 spiro atoms. The molecule has 1 heterocycles. The molecule has 21 heavy (non-hydrogen) atoms. The van der Waals surface area contributed by atoms with Gasteiger partial charge >= 0.3 is 0 Å². The molecule has 1 aliphatic carbocycles. The summed E-state index contributed by atoms with van der Waals surface area (Å²) >= 11 is 1.33. The molecule has 1 saturated carbocycles. The normalized spacial score (nSPS) is 13.9. The van der Waals surface area contributed by atoms with Gasteiger partial charge in [0.05, 0.1) is 5.69 Å². The van der Waals surface area contributed by atoms with Crippen LogP contribution in [0.3, 0.4) is 0 Å². The highest BCUT2D eigenvalue weighted by atomic mass is 32.2. The van der Waals surface area contributed by atoms with Crippen LogP contribution in [0.15, 0.2) is 29.4 Å². The van der Waals surface area contributed by atoms with E-state index in [0.717, 1.165) is 18.5 Å². The molecule has 0 amide bonds. The second-order valence-corrected chi connectivity index (χ2v) is 5.86. The number of nitrogen functional groups attached to an aromatic ring is 1. The van der Waals surface area contributed by atoms with Crippen molar-refractivity contribution < 1.29 is 4.39 Å². The Kier molecular flexibility index (Phi) is 3.76. The van der Waals surface area contributed by atoms with E-state index in [1.54, 1.807) is 18.2 Å². The predicted molar refractivity (Wildman–Crippen MR) is 79.1 cm³/mol. The van der Waals surface area contributed by atoms with E-state index >= 15 is 0 Å². The molecule has 2 aromatic rings. The third-order valence-corrected chi connectivity index (χ3v) is 4.23.